The number of carboxylic acid groups (broad SMARTS) is 1. The summed E-state index contributed by atoms with van der Waals surface area (Å²) in [5, 5.41) is 11.7. The van der Waals surface area contributed by atoms with Crippen LogP contribution < -0.4 is 10.9 Å². The molecule has 110 valence electrons. The van der Waals surface area contributed by atoms with E-state index in [0.717, 1.165) is 6.20 Å². The molecule has 0 saturated heterocycles. The van der Waals surface area contributed by atoms with Crippen molar-refractivity contribution in [3.05, 3.63) is 45.7 Å². The molecule has 2 rings (SSSR count). The van der Waals surface area contributed by atoms with Crippen molar-refractivity contribution in [1.82, 2.24) is 14.5 Å². The zero-order valence-electron chi connectivity index (χ0n) is 11.4. The summed E-state index contributed by atoms with van der Waals surface area (Å²) in [6.45, 7) is 3.74. The molecule has 0 aromatic carbocycles. The molecule has 2 aromatic heterocycles. The van der Waals surface area contributed by atoms with Crippen molar-refractivity contribution in [3.63, 3.8) is 0 Å². The number of pyridine rings is 1. The van der Waals surface area contributed by atoms with Crippen LogP contribution >= 0.6 is 11.6 Å². The minimum absolute atomic E-state index is 0.0211. The van der Waals surface area contributed by atoms with Gasteiger partial charge in [0, 0.05) is 18.4 Å². The Morgan fingerprint density at radius 3 is 2.81 bits per heavy atom. The number of aromatic carboxylic acids is 1. The van der Waals surface area contributed by atoms with E-state index in [1.807, 2.05) is 13.8 Å². The molecule has 2 heterocycles. The number of halogens is 1. The van der Waals surface area contributed by atoms with Crippen LogP contribution in [0.3, 0.4) is 0 Å². The van der Waals surface area contributed by atoms with Crippen molar-refractivity contribution in [2.24, 2.45) is 0 Å². The van der Waals surface area contributed by atoms with Crippen molar-refractivity contribution in [3.8, 4) is 0 Å². The van der Waals surface area contributed by atoms with Gasteiger partial charge in [-0.2, -0.15) is 4.98 Å². The topological polar surface area (TPSA) is 97.1 Å². The third-order valence-corrected chi connectivity index (χ3v) is 2.96. The average Bonchev–Trinajstić information content (AvgIpc) is 2.40. The standard InChI is InChI=1S/C13H13ClN4O3/c1-7(2)18-5-3-4-9(11(18)19)16-10-8(12(20)21)6-15-13(14)17-10/h3-7H,1-2H3,(H,20,21)(H,15,16,17). The number of nitrogens with zero attached hydrogens (tertiary/aromatic N) is 3. The second-order valence-electron chi connectivity index (χ2n) is 4.56. The van der Waals surface area contributed by atoms with Crippen molar-refractivity contribution < 1.29 is 9.90 Å². The fourth-order valence-electron chi connectivity index (χ4n) is 1.75. The van der Waals surface area contributed by atoms with E-state index in [1.54, 1.807) is 18.3 Å². The van der Waals surface area contributed by atoms with Crippen LogP contribution in [-0.4, -0.2) is 25.6 Å². The Kier molecular flexibility index (Phi) is 4.23. The number of rotatable bonds is 4. The molecular weight excluding hydrogens is 296 g/mol. The average molecular weight is 309 g/mol. The molecule has 0 unspecified atom stereocenters. The van der Waals surface area contributed by atoms with Gasteiger partial charge in [-0.15, -0.1) is 0 Å². The van der Waals surface area contributed by atoms with Crippen LogP contribution in [0.5, 0.6) is 0 Å². The van der Waals surface area contributed by atoms with Crippen molar-refractivity contribution in [1.29, 1.82) is 0 Å². The summed E-state index contributed by atoms with van der Waals surface area (Å²) in [5.74, 6) is -1.24. The second kappa shape index (κ2) is 5.92. The van der Waals surface area contributed by atoms with Crippen LogP contribution in [0.15, 0.2) is 29.3 Å². The van der Waals surface area contributed by atoms with Crippen LogP contribution in [-0.2, 0) is 0 Å². The van der Waals surface area contributed by atoms with Gasteiger partial charge in [0.15, 0.2) is 0 Å². The van der Waals surface area contributed by atoms with Gasteiger partial charge >= 0.3 is 5.97 Å². The fraction of sp³-hybridized carbons (Fsp3) is 0.231. The number of carboxylic acids is 1. The summed E-state index contributed by atoms with van der Waals surface area (Å²) in [6.07, 6.45) is 2.74. The second-order valence-corrected chi connectivity index (χ2v) is 4.90. The molecule has 0 aliphatic heterocycles. The van der Waals surface area contributed by atoms with E-state index in [-0.39, 0.29) is 34.0 Å². The van der Waals surface area contributed by atoms with Gasteiger partial charge in [0.2, 0.25) is 5.28 Å². The van der Waals surface area contributed by atoms with Crippen LogP contribution in [0.4, 0.5) is 11.5 Å². The van der Waals surface area contributed by atoms with E-state index < -0.39 is 5.97 Å². The summed E-state index contributed by atoms with van der Waals surface area (Å²) in [5.41, 5.74) is -0.235. The predicted octanol–water partition coefficient (Wildman–Crippen LogP) is 2.31. The monoisotopic (exact) mass is 308 g/mol. The van der Waals surface area contributed by atoms with Crippen LogP contribution in [0.25, 0.3) is 0 Å². The molecular formula is C13H13ClN4O3. The Labute approximate surface area is 125 Å². The predicted molar refractivity (Wildman–Crippen MR) is 78.4 cm³/mol. The molecule has 0 bridgehead atoms. The fourth-order valence-corrected chi connectivity index (χ4v) is 1.88. The highest BCUT2D eigenvalue weighted by Crippen LogP contribution is 2.18. The molecule has 2 N–H and O–H groups in total. The zero-order chi connectivity index (χ0) is 15.6. The SMILES string of the molecule is CC(C)n1cccc(Nc2nc(Cl)ncc2C(=O)O)c1=O. The Balaban J connectivity index is 2.48. The van der Waals surface area contributed by atoms with E-state index in [1.165, 1.54) is 4.57 Å². The number of carbonyl (C=O) groups is 1. The first-order valence-corrected chi connectivity index (χ1v) is 6.52. The number of anilines is 2. The lowest BCUT2D eigenvalue weighted by molar-refractivity contribution is 0.0697. The van der Waals surface area contributed by atoms with E-state index in [4.69, 9.17) is 16.7 Å². The Morgan fingerprint density at radius 2 is 2.19 bits per heavy atom. The van der Waals surface area contributed by atoms with Gasteiger partial charge in [-0.05, 0) is 37.6 Å². The molecule has 0 saturated carbocycles. The summed E-state index contributed by atoms with van der Waals surface area (Å²) >= 11 is 5.67. The Hall–Kier alpha value is -2.41. The normalized spacial score (nSPS) is 10.7. The quantitative estimate of drug-likeness (QED) is 0.841. The lowest BCUT2D eigenvalue weighted by Crippen LogP contribution is -2.23. The summed E-state index contributed by atoms with van der Waals surface area (Å²) in [4.78, 5) is 30.8. The third-order valence-electron chi connectivity index (χ3n) is 2.77. The third kappa shape index (κ3) is 3.19. The molecule has 0 aliphatic rings. The first-order valence-electron chi connectivity index (χ1n) is 6.14. The molecule has 0 spiro atoms. The first-order chi connectivity index (χ1) is 9.90. The van der Waals surface area contributed by atoms with E-state index >= 15 is 0 Å². The minimum Gasteiger partial charge on any atom is -0.477 e. The molecule has 21 heavy (non-hydrogen) atoms. The van der Waals surface area contributed by atoms with Gasteiger partial charge in [0.25, 0.3) is 5.56 Å². The Morgan fingerprint density at radius 1 is 1.48 bits per heavy atom. The van der Waals surface area contributed by atoms with Gasteiger partial charge in [-0.25, -0.2) is 9.78 Å². The minimum atomic E-state index is -1.21. The maximum atomic E-state index is 12.3. The number of hydrogen-bond donors (Lipinski definition) is 2. The van der Waals surface area contributed by atoms with Crippen LogP contribution in [0, 0.1) is 0 Å². The van der Waals surface area contributed by atoms with Crippen molar-refractivity contribution >= 4 is 29.1 Å². The largest absolute Gasteiger partial charge is 0.477 e. The first kappa shape index (κ1) is 15.0. The molecule has 8 heteroatoms. The van der Waals surface area contributed by atoms with Gasteiger partial charge in [-0.1, -0.05) is 0 Å². The van der Waals surface area contributed by atoms with Gasteiger partial charge < -0.3 is 15.0 Å². The van der Waals surface area contributed by atoms with Crippen molar-refractivity contribution in [2.45, 2.75) is 19.9 Å². The zero-order valence-corrected chi connectivity index (χ0v) is 12.1. The molecule has 0 radical (unpaired) electrons. The van der Waals surface area contributed by atoms with Crippen LogP contribution in [0.1, 0.15) is 30.2 Å². The lowest BCUT2D eigenvalue weighted by Gasteiger charge is -2.13. The Bertz CT molecular complexity index is 742. The van der Waals surface area contributed by atoms with E-state index in [9.17, 15) is 9.59 Å². The highest BCUT2D eigenvalue weighted by Gasteiger charge is 2.15. The van der Waals surface area contributed by atoms with Gasteiger partial charge in [0.1, 0.15) is 17.1 Å². The summed E-state index contributed by atoms with van der Waals surface area (Å²) in [7, 11) is 0. The number of nitrogens with one attached hydrogen (secondary N) is 1. The lowest BCUT2D eigenvalue weighted by atomic mass is 10.3. The van der Waals surface area contributed by atoms with Gasteiger partial charge in [-0.3, -0.25) is 4.79 Å². The molecule has 7 nitrogen and oxygen atoms in total. The molecule has 2 aromatic rings. The summed E-state index contributed by atoms with van der Waals surface area (Å²) in [6, 6.07) is 3.21. The molecule has 0 aliphatic carbocycles. The van der Waals surface area contributed by atoms with E-state index in [2.05, 4.69) is 15.3 Å². The van der Waals surface area contributed by atoms with Gasteiger partial charge in [0.05, 0.1) is 0 Å². The smallest absolute Gasteiger partial charge is 0.341 e. The highest BCUT2D eigenvalue weighted by molar-refractivity contribution is 6.28. The molecule has 0 fully saturated rings. The molecule has 0 amide bonds. The molecule has 0 atom stereocenters. The van der Waals surface area contributed by atoms with Crippen molar-refractivity contribution in [2.75, 3.05) is 5.32 Å². The maximum absolute atomic E-state index is 12.3. The summed E-state index contributed by atoms with van der Waals surface area (Å²) < 4.78 is 1.52. The highest BCUT2D eigenvalue weighted by atomic mass is 35.5. The van der Waals surface area contributed by atoms with E-state index in [0.29, 0.717) is 0 Å². The maximum Gasteiger partial charge on any atom is 0.341 e. The van der Waals surface area contributed by atoms with Crippen LogP contribution in [0.2, 0.25) is 5.28 Å². The number of hydrogen-bond acceptors (Lipinski definition) is 5. The number of aromatic nitrogens is 3.